The molecular formula is C21H27N3O. The first-order chi connectivity index (χ1) is 12.0. The van der Waals surface area contributed by atoms with Gasteiger partial charge >= 0.3 is 0 Å². The van der Waals surface area contributed by atoms with E-state index in [9.17, 15) is 4.79 Å². The van der Waals surface area contributed by atoms with Crippen molar-refractivity contribution in [1.82, 2.24) is 9.88 Å². The number of anilines is 1. The normalized spacial score (nSPS) is 15.4. The number of piperazine rings is 1. The van der Waals surface area contributed by atoms with Crippen molar-refractivity contribution in [3.05, 3.63) is 58.3 Å². The molecule has 0 atom stereocenters. The van der Waals surface area contributed by atoms with E-state index in [0.717, 1.165) is 55.2 Å². The number of carbonyl (C=O) groups is 1. The number of hydrogen-bond donors (Lipinski definition) is 0. The number of rotatable bonds is 4. The zero-order valence-corrected chi connectivity index (χ0v) is 15.7. The van der Waals surface area contributed by atoms with E-state index in [1.807, 2.05) is 25.3 Å². The van der Waals surface area contributed by atoms with Gasteiger partial charge in [-0.2, -0.15) is 0 Å². The Morgan fingerprint density at radius 3 is 2.40 bits per heavy atom. The molecule has 1 aliphatic rings. The lowest BCUT2D eigenvalue weighted by molar-refractivity contribution is 0.101. The Morgan fingerprint density at radius 2 is 1.80 bits per heavy atom. The fourth-order valence-electron chi connectivity index (χ4n) is 3.91. The largest absolute Gasteiger partial charge is 0.354 e. The van der Waals surface area contributed by atoms with Crippen molar-refractivity contribution in [2.45, 2.75) is 34.2 Å². The number of aromatic nitrogens is 1. The van der Waals surface area contributed by atoms with Gasteiger partial charge in [0.05, 0.1) is 0 Å². The molecule has 1 aliphatic heterocycles. The SMILES string of the molecule is CC(=O)c1c(C)cc(C)c(CN2CCN(c3ccccn3)CC2)c1C. The number of hydrogen-bond acceptors (Lipinski definition) is 4. The predicted octanol–water partition coefficient (Wildman–Crippen LogP) is 3.53. The lowest BCUT2D eigenvalue weighted by Crippen LogP contribution is -2.46. The maximum absolute atomic E-state index is 12.0. The van der Waals surface area contributed by atoms with Crippen molar-refractivity contribution < 1.29 is 4.79 Å². The lowest BCUT2D eigenvalue weighted by Gasteiger charge is -2.36. The van der Waals surface area contributed by atoms with Crippen LogP contribution in [0.25, 0.3) is 0 Å². The third kappa shape index (κ3) is 3.74. The van der Waals surface area contributed by atoms with Crippen LogP contribution in [0.5, 0.6) is 0 Å². The number of benzene rings is 1. The van der Waals surface area contributed by atoms with Crippen LogP contribution in [0, 0.1) is 20.8 Å². The van der Waals surface area contributed by atoms with Crippen LogP contribution in [-0.2, 0) is 6.54 Å². The van der Waals surface area contributed by atoms with Gasteiger partial charge in [-0.05, 0) is 62.1 Å². The average molecular weight is 337 g/mol. The molecule has 0 bridgehead atoms. The van der Waals surface area contributed by atoms with Crippen LogP contribution >= 0.6 is 0 Å². The highest BCUT2D eigenvalue weighted by molar-refractivity contribution is 5.97. The number of nitrogens with zero attached hydrogens (tertiary/aromatic N) is 3. The van der Waals surface area contributed by atoms with E-state index in [4.69, 9.17) is 0 Å². The fourth-order valence-corrected chi connectivity index (χ4v) is 3.91. The summed E-state index contributed by atoms with van der Waals surface area (Å²) >= 11 is 0. The molecule has 1 saturated heterocycles. The molecule has 1 aromatic heterocycles. The van der Waals surface area contributed by atoms with Crippen molar-refractivity contribution in [3.63, 3.8) is 0 Å². The minimum Gasteiger partial charge on any atom is -0.354 e. The number of carbonyl (C=O) groups excluding carboxylic acids is 1. The van der Waals surface area contributed by atoms with Gasteiger partial charge in [0.1, 0.15) is 5.82 Å². The molecule has 25 heavy (non-hydrogen) atoms. The summed E-state index contributed by atoms with van der Waals surface area (Å²) in [6.45, 7) is 12.9. The molecule has 132 valence electrons. The zero-order chi connectivity index (χ0) is 18.0. The van der Waals surface area contributed by atoms with Crippen molar-refractivity contribution >= 4 is 11.6 Å². The molecule has 0 amide bonds. The van der Waals surface area contributed by atoms with Gasteiger partial charge in [0.25, 0.3) is 0 Å². The van der Waals surface area contributed by atoms with Gasteiger partial charge in [-0.25, -0.2) is 4.98 Å². The topological polar surface area (TPSA) is 36.4 Å². The maximum Gasteiger partial charge on any atom is 0.160 e. The van der Waals surface area contributed by atoms with Crippen molar-refractivity contribution in [2.24, 2.45) is 0 Å². The predicted molar refractivity (Wildman–Crippen MR) is 102 cm³/mol. The first-order valence-electron chi connectivity index (χ1n) is 8.96. The average Bonchev–Trinajstić information content (AvgIpc) is 2.59. The van der Waals surface area contributed by atoms with Gasteiger partial charge in [-0.3, -0.25) is 9.69 Å². The summed E-state index contributed by atoms with van der Waals surface area (Å²) in [5.74, 6) is 1.22. The summed E-state index contributed by atoms with van der Waals surface area (Å²) in [7, 11) is 0. The van der Waals surface area contributed by atoms with Crippen LogP contribution in [0.3, 0.4) is 0 Å². The molecule has 1 aromatic carbocycles. The highest BCUT2D eigenvalue weighted by atomic mass is 16.1. The van der Waals surface area contributed by atoms with Gasteiger partial charge in [0, 0.05) is 44.5 Å². The summed E-state index contributed by atoms with van der Waals surface area (Å²) in [6.07, 6.45) is 1.85. The minimum atomic E-state index is 0.163. The standard InChI is InChI=1S/C21H27N3O/c1-15-13-16(2)21(18(4)25)17(3)19(15)14-23-9-11-24(12-10-23)20-7-5-6-8-22-20/h5-8,13H,9-12,14H2,1-4H3. The molecule has 0 unspecified atom stereocenters. The lowest BCUT2D eigenvalue weighted by atomic mass is 9.91. The van der Waals surface area contributed by atoms with Gasteiger partial charge in [0.2, 0.25) is 0 Å². The monoisotopic (exact) mass is 337 g/mol. The van der Waals surface area contributed by atoms with E-state index in [0.29, 0.717) is 0 Å². The summed E-state index contributed by atoms with van der Waals surface area (Å²) < 4.78 is 0. The second kappa shape index (κ2) is 7.36. The number of ketones is 1. The molecule has 0 N–H and O–H groups in total. The van der Waals surface area contributed by atoms with Crippen LogP contribution < -0.4 is 4.90 Å². The van der Waals surface area contributed by atoms with E-state index in [2.05, 4.69) is 40.8 Å². The van der Waals surface area contributed by atoms with Gasteiger partial charge < -0.3 is 4.90 Å². The summed E-state index contributed by atoms with van der Waals surface area (Å²) in [5.41, 5.74) is 5.73. The van der Waals surface area contributed by atoms with E-state index < -0.39 is 0 Å². The van der Waals surface area contributed by atoms with Crippen LogP contribution in [-0.4, -0.2) is 41.8 Å². The van der Waals surface area contributed by atoms with E-state index in [-0.39, 0.29) is 5.78 Å². The first kappa shape index (κ1) is 17.6. The molecule has 2 aromatic rings. The van der Waals surface area contributed by atoms with Gasteiger partial charge in [-0.1, -0.05) is 12.1 Å². The molecule has 4 heteroatoms. The molecule has 1 fully saturated rings. The van der Waals surface area contributed by atoms with Crippen LogP contribution in [0.2, 0.25) is 0 Å². The Hall–Kier alpha value is -2.20. The molecular weight excluding hydrogens is 310 g/mol. The van der Waals surface area contributed by atoms with Crippen LogP contribution in [0.15, 0.2) is 30.5 Å². The van der Waals surface area contributed by atoms with Crippen molar-refractivity contribution in [3.8, 4) is 0 Å². The second-order valence-corrected chi connectivity index (χ2v) is 7.00. The van der Waals surface area contributed by atoms with E-state index in [1.54, 1.807) is 6.92 Å². The third-order valence-corrected chi connectivity index (χ3v) is 5.21. The quantitative estimate of drug-likeness (QED) is 0.800. The highest BCUT2D eigenvalue weighted by Crippen LogP contribution is 2.25. The Balaban J connectivity index is 1.72. The molecule has 0 radical (unpaired) electrons. The van der Waals surface area contributed by atoms with Crippen LogP contribution in [0.1, 0.15) is 39.5 Å². The van der Waals surface area contributed by atoms with E-state index >= 15 is 0 Å². The van der Waals surface area contributed by atoms with Crippen LogP contribution in [0.4, 0.5) is 5.82 Å². The molecule has 0 spiro atoms. The maximum atomic E-state index is 12.0. The summed E-state index contributed by atoms with van der Waals surface area (Å²) in [6, 6.07) is 8.22. The Labute approximate surface area is 150 Å². The highest BCUT2D eigenvalue weighted by Gasteiger charge is 2.21. The Kier molecular flexibility index (Phi) is 5.19. The van der Waals surface area contributed by atoms with Gasteiger partial charge in [0.15, 0.2) is 5.78 Å². The second-order valence-electron chi connectivity index (χ2n) is 7.00. The number of aryl methyl sites for hydroxylation is 2. The van der Waals surface area contributed by atoms with E-state index in [1.165, 1.54) is 11.1 Å². The number of Topliss-reactive ketones (excluding diaryl/α,β-unsaturated/α-hetero) is 1. The third-order valence-electron chi connectivity index (χ3n) is 5.21. The summed E-state index contributed by atoms with van der Waals surface area (Å²) in [5, 5.41) is 0. The van der Waals surface area contributed by atoms with Gasteiger partial charge in [-0.15, -0.1) is 0 Å². The fraction of sp³-hybridized carbons (Fsp3) is 0.429. The Morgan fingerprint density at radius 1 is 1.08 bits per heavy atom. The zero-order valence-electron chi connectivity index (χ0n) is 15.7. The smallest absolute Gasteiger partial charge is 0.160 e. The van der Waals surface area contributed by atoms with Crippen molar-refractivity contribution in [1.29, 1.82) is 0 Å². The Bertz CT molecular complexity index is 762. The first-order valence-corrected chi connectivity index (χ1v) is 8.96. The summed E-state index contributed by atoms with van der Waals surface area (Å²) in [4.78, 5) is 21.3. The van der Waals surface area contributed by atoms with Crippen molar-refractivity contribution in [2.75, 3.05) is 31.1 Å². The minimum absolute atomic E-state index is 0.163. The number of pyridine rings is 1. The molecule has 0 aliphatic carbocycles. The molecule has 0 saturated carbocycles. The molecule has 3 rings (SSSR count). The molecule has 2 heterocycles. The molecule has 4 nitrogen and oxygen atoms in total.